The largest absolute Gasteiger partial charge is 0.497 e. The number of carbonyl (C=O) groups is 1. The minimum absolute atomic E-state index is 0.0949. The standard InChI is InChI=1S/C18H22N4O3S2/c1-5-21(6-2)16(23)11-27-18-20-19-17-22(18)14(10-26-17)13-9-12(24-3)7-8-15(13)25-4/h7-10H,5-6,11H2,1-4H3. The van der Waals surface area contributed by atoms with Crippen molar-refractivity contribution >= 4 is 34.0 Å². The van der Waals surface area contributed by atoms with Gasteiger partial charge in [0.25, 0.3) is 0 Å². The summed E-state index contributed by atoms with van der Waals surface area (Å²) in [7, 11) is 3.27. The van der Waals surface area contributed by atoms with E-state index in [1.54, 1.807) is 14.2 Å². The topological polar surface area (TPSA) is 69.0 Å². The lowest BCUT2D eigenvalue weighted by atomic mass is 10.1. The molecule has 3 aromatic rings. The Morgan fingerprint density at radius 3 is 2.67 bits per heavy atom. The van der Waals surface area contributed by atoms with Gasteiger partial charge in [-0.1, -0.05) is 11.8 Å². The van der Waals surface area contributed by atoms with Gasteiger partial charge in [-0.2, -0.15) is 0 Å². The Labute approximate surface area is 166 Å². The van der Waals surface area contributed by atoms with Crippen LogP contribution in [0.25, 0.3) is 16.2 Å². The minimum Gasteiger partial charge on any atom is -0.497 e. The molecule has 0 aliphatic heterocycles. The highest BCUT2D eigenvalue weighted by molar-refractivity contribution is 7.99. The summed E-state index contributed by atoms with van der Waals surface area (Å²) < 4.78 is 12.8. The first-order chi connectivity index (χ1) is 13.1. The average Bonchev–Trinajstić information content (AvgIpc) is 3.29. The number of fused-ring (bicyclic) bond motifs is 1. The van der Waals surface area contributed by atoms with Gasteiger partial charge >= 0.3 is 0 Å². The molecule has 2 heterocycles. The van der Waals surface area contributed by atoms with Crippen molar-refractivity contribution < 1.29 is 14.3 Å². The van der Waals surface area contributed by atoms with Crippen LogP contribution in [0.15, 0.2) is 28.7 Å². The number of hydrogen-bond donors (Lipinski definition) is 0. The molecule has 144 valence electrons. The lowest BCUT2D eigenvalue weighted by Crippen LogP contribution is -2.31. The van der Waals surface area contributed by atoms with E-state index in [1.165, 1.54) is 23.1 Å². The molecule has 9 heteroatoms. The van der Waals surface area contributed by atoms with Crippen LogP contribution in [0.5, 0.6) is 11.5 Å². The summed E-state index contributed by atoms with van der Waals surface area (Å²) in [6, 6.07) is 5.66. The summed E-state index contributed by atoms with van der Waals surface area (Å²) in [5.41, 5.74) is 1.80. The van der Waals surface area contributed by atoms with Gasteiger partial charge in [0.05, 0.1) is 25.7 Å². The van der Waals surface area contributed by atoms with Gasteiger partial charge in [-0.25, -0.2) is 0 Å². The first-order valence-corrected chi connectivity index (χ1v) is 10.4. The maximum absolute atomic E-state index is 12.3. The first kappa shape index (κ1) is 19.5. The third kappa shape index (κ3) is 3.89. The van der Waals surface area contributed by atoms with Gasteiger partial charge in [0.15, 0.2) is 5.16 Å². The van der Waals surface area contributed by atoms with E-state index < -0.39 is 0 Å². The molecule has 0 saturated heterocycles. The van der Waals surface area contributed by atoms with E-state index in [2.05, 4.69) is 10.2 Å². The van der Waals surface area contributed by atoms with E-state index in [9.17, 15) is 4.79 Å². The van der Waals surface area contributed by atoms with Crippen LogP contribution in [0.4, 0.5) is 0 Å². The molecule has 7 nitrogen and oxygen atoms in total. The Bertz CT molecular complexity index is 934. The smallest absolute Gasteiger partial charge is 0.233 e. The highest BCUT2D eigenvalue weighted by Gasteiger charge is 2.19. The molecule has 0 spiro atoms. The predicted molar refractivity (Wildman–Crippen MR) is 108 cm³/mol. The van der Waals surface area contributed by atoms with Gasteiger partial charge in [0.1, 0.15) is 11.5 Å². The number of aromatic nitrogens is 3. The van der Waals surface area contributed by atoms with Crippen LogP contribution < -0.4 is 9.47 Å². The van der Waals surface area contributed by atoms with Crippen LogP contribution in [0.1, 0.15) is 13.8 Å². The highest BCUT2D eigenvalue weighted by atomic mass is 32.2. The summed E-state index contributed by atoms with van der Waals surface area (Å²) in [5, 5.41) is 11.2. The van der Waals surface area contributed by atoms with Crippen LogP contribution >= 0.6 is 23.1 Å². The molecule has 2 aromatic heterocycles. The SMILES string of the molecule is CCN(CC)C(=O)CSc1nnc2scc(-c3cc(OC)ccc3OC)n12. The number of thioether (sulfide) groups is 1. The van der Waals surface area contributed by atoms with Crippen molar-refractivity contribution in [2.75, 3.05) is 33.1 Å². The molecule has 0 aliphatic rings. The Kier molecular flexibility index (Phi) is 6.22. The summed E-state index contributed by atoms with van der Waals surface area (Å²) in [6.45, 7) is 5.37. The lowest BCUT2D eigenvalue weighted by molar-refractivity contribution is -0.127. The van der Waals surface area contributed by atoms with Gasteiger partial charge in [-0.3, -0.25) is 9.20 Å². The molecule has 0 atom stereocenters. The number of carbonyl (C=O) groups excluding carboxylic acids is 1. The van der Waals surface area contributed by atoms with E-state index in [-0.39, 0.29) is 5.91 Å². The molecule has 27 heavy (non-hydrogen) atoms. The number of benzene rings is 1. The monoisotopic (exact) mass is 406 g/mol. The van der Waals surface area contributed by atoms with Crippen molar-refractivity contribution in [1.29, 1.82) is 0 Å². The molecule has 0 saturated carbocycles. The van der Waals surface area contributed by atoms with Gasteiger partial charge in [-0.05, 0) is 32.0 Å². The van der Waals surface area contributed by atoms with Crippen molar-refractivity contribution in [3.05, 3.63) is 23.6 Å². The Hall–Kier alpha value is -2.26. The van der Waals surface area contributed by atoms with Crippen LogP contribution in [0.3, 0.4) is 0 Å². The number of methoxy groups -OCH3 is 2. The van der Waals surface area contributed by atoms with Crippen LogP contribution in [0.2, 0.25) is 0 Å². The maximum atomic E-state index is 12.3. The molecule has 0 N–H and O–H groups in total. The van der Waals surface area contributed by atoms with Crippen molar-refractivity contribution in [2.45, 2.75) is 19.0 Å². The molecule has 0 bridgehead atoms. The fourth-order valence-electron chi connectivity index (χ4n) is 2.79. The molecular formula is C18H22N4O3S2. The Morgan fingerprint density at radius 1 is 1.22 bits per heavy atom. The number of hydrogen-bond acceptors (Lipinski definition) is 7. The van der Waals surface area contributed by atoms with Crippen LogP contribution in [0, 0.1) is 0 Å². The summed E-state index contributed by atoms with van der Waals surface area (Å²) in [4.78, 5) is 14.9. The Morgan fingerprint density at radius 2 is 2.00 bits per heavy atom. The molecule has 0 fully saturated rings. The van der Waals surface area contributed by atoms with E-state index in [4.69, 9.17) is 9.47 Å². The van der Waals surface area contributed by atoms with Gasteiger partial charge < -0.3 is 14.4 Å². The average molecular weight is 407 g/mol. The van der Waals surface area contributed by atoms with E-state index >= 15 is 0 Å². The molecule has 1 amide bonds. The summed E-state index contributed by atoms with van der Waals surface area (Å²) >= 11 is 2.89. The molecule has 0 aliphatic carbocycles. The third-order valence-electron chi connectivity index (χ3n) is 4.24. The van der Waals surface area contributed by atoms with Crippen molar-refractivity contribution in [1.82, 2.24) is 19.5 Å². The first-order valence-electron chi connectivity index (χ1n) is 8.58. The normalized spacial score (nSPS) is 11.0. The van der Waals surface area contributed by atoms with Crippen molar-refractivity contribution in [3.63, 3.8) is 0 Å². The third-order valence-corrected chi connectivity index (χ3v) is 5.97. The second-order valence-electron chi connectivity index (χ2n) is 5.64. The predicted octanol–water partition coefficient (Wildman–Crippen LogP) is 3.44. The lowest BCUT2D eigenvalue weighted by Gasteiger charge is -2.17. The highest BCUT2D eigenvalue weighted by Crippen LogP contribution is 2.37. The van der Waals surface area contributed by atoms with E-state index in [0.29, 0.717) is 24.0 Å². The van der Waals surface area contributed by atoms with Gasteiger partial charge in [0.2, 0.25) is 10.9 Å². The zero-order valence-corrected chi connectivity index (χ0v) is 17.4. The number of rotatable bonds is 8. The number of amides is 1. The molecule has 0 radical (unpaired) electrons. The van der Waals surface area contributed by atoms with Crippen molar-refractivity contribution in [3.8, 4) is 22.8 Å². The number of thiazole rings is 1. The minimum atomic E-state index is 0.0949. The van der Waals surface area contributed by atoms with E-state index in [1.807, 2.05) is 46.7 Å². The number of ether oxygens (including phenoxy) is 2. The molecule has 3 rings (SSSR count). The van der Waals surface area contributed by atoms with E-state index in [0.717, 1.165) is 27.7 Å². The Balaban J connectivity index is 1.96. The second-order valence-corrected chi connectivity index (χ2v) is 7.42. The fraction of sp³-hybridized carbons (Fsp3) is 0.389. The van der Waals surface area contributed by atoms with Gasteiger partial charge in [0, 0.05) is 24.0 Å². The fourth-order valence-corrected chi connectivity index (χ4v) is 4.52. The maximum Gasteiger partial charge on any atom is 0.233 e. The quantitative estimate of drug-likeness (QED) is 0.534. The summed E-state index contributed by atoms with van der Waals surface area (Å²) in [5.74, 6) is 1.90. The van der Waals surface area contributed by atoms with Crippen LogP contribution in [-0.4, -0.2) is 58.5 Å². The second kappa shape index (κ2) is 8.62. The number of nitrogens with zero attached hydrogens (tertiary/aromatic N) is 4. The van der Waals surface area contributed by atoms with Gasteiger partial charge in [-0.15, -0.1) is 21.5 Å². The zero-order chi connectivity index (χ0) is 19.4. The molecular weight excluding hydrogens is 384 g/mol. The van der Waals surface area contributed by atoms with Crippen molar-refractivity contribution in [2.24, 2.45) is 0 Å². The zero-order valence-electron chi connectivity index (χ0n) is 15.8. The molecule has 0 unspecified atom stereocenters. The summed E-state index contributed by atoms with van der Waals surface area (Å²) in [6.07, 6.45) is 0. The molecule has 1 aromatic carbocycles. The van der Waals surface area contributed by atoms with Crippen LogP contribution in [-0.2, 0) is 4.79 Å².